The highest BCUT2D eigenvalue weighted by Gasteiger charge is 2.67. The van der Waals surface area contributed by atoms with E-state index in [0.29, 0.717) is 5.54 Å². The second-order valence-electron chi connectivity index (χ2n) is 4.62. The molecule has 2 fully saturated rings. The molecule has 0 saturated heterocycles. The molecule has 3 unspecified atom stereocenters. The van der Waals surface area contributed by atoms with Gasteiger partial charge in [0.15, 0.2) is 0 Å². The molecular weight excluding hydrogens is 134 g/mol. The third-order valence-electron chi connectivity index (χ3n) is 4.19. The summed E-state index contributed by atoms with van der Waals surface area (Å²) in [6, 6.07) is 0. The van der Waals surface area contributed by atoms with Gasteiger partial charge >= 0.3 is 0 Å². The molecule has 0 amide bonds. The van der Waals surface area contributed by atoms with Gasteiger partial charge in [0.1, 0.15) is 0 Å². The van der Waals surface area contributed by atoms with Crippen molar-refractivity contribution in [1.82, 2.24) is 5.32 Å². The van der Waals surface area contributed by atoms with Crippen molar-refractivity contribution < 1.29 is 0 Å². The van der Waals surface area contributed by atoms with E-state index in [0.717, 1.165) is 17.9 Å². The highest BCUT2D eigenvalue weighted by Crippen LogP contribution is 2.70. The molecule has 0 aromatic rings. The average molecular weight is 153 g/mol. The minimum Gasteiger partial charge on any atom is -0.311 e. The average Bonchev–Trinajstić information content (AvgIpc) is 2.63. The molecule has 2 rings (SSSR count). The van der Waals surface area contributed by atoms with Gasteiger partial charge in [0.2, 0.25) is 0 Å². The van der Waals surface area contributed by atoms with Crippen molar-refractivity contribution in [2.45, 2.75) is 45.6 Å². The molecule has 1 N–H and O–H groups in total. The van der Waals surface area contributed by atoms with Crippen molar-refractivity contribution in [3.63, 3.8) is 0 Å². The second kappa shape index (κ2) is 2.01. The molecule has 0 radical (unpaired) electrons. The lowest BCUT2D eigenvalue weighted by molar-refractivity contribution is 0.0659. The summed E-state index contributed by atoms with van der Waals surface area (Å²) in [5.74, 6) is 0.986. The third-order valence-corrected chi connectivity index (χ3v) is 4.19. The Bertz CT molecular complexity index is 174. The molecular formula is C10H19N. The Morgan fingerprint density at radius 3 is 2.36 bits per heavy atom. The van der Waals surface area contributed by atoms with Crippen molar-refractivity contribution in [2.24, 2.45) is 11.3 Å². The molecule has 2 aliphatic rings. The minimum absolute atomic E-state index is 0.501. The molecule has 2 saturated carbocycles. The van der Waals surface area contributed by atoms with Crippen LogP contribution in [0.4, 0.5) is 0 Å². The lowest BCUT2D eigenvalue weighted by Gasteiger charge is -2.50. The van der Waals surface area contributed by atoms with E-state index in [2.05, 4.69) is 26.1 Å². The molecule has 0 aromatic heterocycles. The van der Waals surface area contributed by atoms with Crippen molar-refractivity contribution in [2.75, 3.05) is 6.54 Å². The van der Waals surface area contributed by atoms with Crippen LogP contribution in [0.3, 0.4) is 0 Å². The summed E-state index contributed by atoms with van der Waals surface area (Å²) in [6.07, 6.45) is 4.33. The van der Waals surface area contributed by atoms with Gasteiger partial charge in [0.25, 0.3) is 0 Å². The Labute approximate surface area is 69.6 Å². The molecule has 11 heavy (non-hydrogen) atoms. The summed E-state index contributed by atoms with van der Waals surface area (Å²) in [7, 11) is 0. The normalized spacial score (nSPS) is 54.3. The molecule has 2 aliphatic carbocycles. The van der Waals surface area contributed by atoms with E-state index in [-0.39, 0.29) is 0 Å². The van der Waals surface area contributed by atoms with Gasteiger partial charge in [0.05, 0.1) is 0 Å². The maximum Gasteiger partial charge on any atom is 0.0212 e. The first kappa shape index (κ1) is 7.60. The van der Waals surface area contributed by atoms with Gasteiger partial charge in [-0.1, -0.05) is 13.8 Å². The predicted octanol–water partition coefficient (Wildman–Crippen LogP) is 2.17. The zero-order valence-corrected chi connectivity index (χ0v) is 7.91. The van der Waals surface area contributed by atoms with Crippen molar-refractivity contribution in [1.29, 1.82) is 0 Å². The van der Waals surface area contributed by atoms with Gasteiger partial charge in [-0.3, -0.25) is 0 Å². The number of rotatable bonds is 2. The van der Waals surface area contributed by atoms with E-state index in [1.54, 1.807) is 0 Å². The highest BCUT2D eigenvalue weighted by molar-refractivity contribution is 5.21. The molecule has 0 heterocycles. The maximum atomic E-state index is 3.64. The van der Waals surface area contributed by atoms with Crippen LogP contribution < -0.4 is 5.32 Å². The number of nitrogens with one attached hydrogen (secondary N) is 1. The first-order valence-corrected chi connectivity index (χ1v) is 4.90. The molecule has 3 atom stereocenters. The first-order chi connectivity index (χ1) is 5.15. The number of hydrogen-bond donors (Lipinski definition) is 1. The standard InChI is InChI=1S/C10H19N/c1-4-11-9(3)5-6-10(9)7-8(10)2/h8,11H,4-7H2,1-3H3. The van der Waals surface area contributed by atoms with Crippen LogP contribution in [-0.4, -0.2) is 12.1 Å². The lowest BCUT2D eigenvalue weighted by Crippen LogP contribution is -2.58. The Morgan fingerprint density at radius 2 is 2.09 bits per heavy atom. The van der Waals surface area contributed by atoms with E-state index >= 15 is 0 Å². The topological polar surface area (TPSA) is 12.0 Å². The maximum absolute atomic E-state index is 3.64. The van der Waals surface area contributed by atoms with Crippen LogP contribution in [0.1, 0.15) is 40.0 Å². The number of hydrogen-bond acceptors (Lipinski definition) is 1. The Kier molecular flexibility index (Phi) is 1.39. The van der Waals surface area contributed by atoms with Gasteiger partial charge in [-0.25, -0.2) is 0 Å². The van der Waals surface area contributed by atoms with Gasteiger partial charge in [-0.2, -0.15) is 0 Å². The predicted molar refractivity (Wildman–Crippen MR) is 47.5 cm³/mol. The highest BCUT2D eigenvalue weighted by atomic mass is 15.0. The Balaban J connectivity index is 2.05. The summed E-state index contributed by atoms with van der Waals surface area (Å²) < 4.78 is 0. The lowest BCUT2D eigenvalue weighted by atomic mass is 9.63. The van der Waals surface area contributed by atoms with Crippen LogP contribution in [0.25, 0.3) is 0 Å². The summed E-state index contributed by atoms with van der Waals surface area (Å²) >= 11 is 0. The van der Waals surface area contributed by atoms with E-state index < -0.39 is 0 Å². The largest absolute Gasteiger partial charge is 0.311 e. The smallest absolute Gasteiger partial charge is 0.0212 e. The van der Waals surface area contributed by atoms with Crippen molar-refractivity contribution in [3.05, 3.63) is 0 Å². The fraction of sp³-hybridized carbons (Fsp3) is 1.00. The minimum atomic E-state index is 0.501. The van der Waals surface area contributed by atoms with Gasteiger partial charge < -0.3 is 5.32 Å². The second-order valence-corrected chi connectivity index (χ2v) is 4.62. The zero-order chi connectivity index (χ0) is 8.11. The van der Waals surface area contributed by atoms with Crippen LogP contribution in [0.5, 0.6) is 0 Å². The van der Waals surface area contributed by atoms with E-state index in [4.69, 9.17) is 0 Å². The van der Waals surface area contributed by atoms with E-state index in [9.17, 15) is 0 Å². The van der Waals surface area contributed by atoms with Gasteiger partial charge in [0, 0.05) is 5.54 Å². The van der Waals surface area contributed by atoms with Crippen molar-refractivity contribution in [3.8, 4) is 0 Å². The first-order valence-electron chi connectivity index (χ1n) is 4.90. The van der Waals surface area contributed by atoms with Crippen molar-refractivity contribution >= 4 is 0 Å². The van der Waals surface area contributed by atoms with Crippen LogP contribution in [0, 0.1) is 11.3 Å². The fourth-order valence-corrected chi connectivity index (χ4v) is 3.08. The zero-order valence-electron chi connectivity index (χ0n) is 7.91. The third kappa shape index (κ3) is 0.752. The monoisotopic (exact) mass is 153 g/mol. The Morgan fingerprint density at radius 1 is 1.45 bits per heavy atom. The summed E-state index contributed by atoms with van der Waals surface area (Å²) in [6.45, 7) is 8.15. The van der Waals surface area contributed by atoms with Crippen LogP contribution in [-0.2, 0) is 0 Å². The summed E-state index contributed by atoms with van der Waals surface area (Å²) in [5, 5.41) is 3.64. The van der Waals surface area contributed by atoms with E-state index in [1.165, 1.54) is 19.3 Å². The Hall–Kier alpha value is -0.0400. The van der Waals surface area contributed by atoms with Crippen LogP contribution in [0.15, 0.2) is 0 Å². The fourth-order valence-electron chi connectivity index (χ4n) is 3.08. The molecule has 0 aromatic carbocycles. The molecule has 1 heteroatoms. The summed E-state index contributed by atoms with van der Waals surface area (Å²) in [5.41, 5.74) is 1.23. The van der Waals surface area contributed by atoms with Gasteiger partial charge in [-0.05, 0) is 44.1 Å². The summed E-state index contributed by atoms with van der Waals surface area (Å²) in [4.78, 5) is 0. The molecule has 0 aliphatic heterocycles. The SMILES string of the molecule is CCNC1(C)CCC12CC2C. The van der Waals surface area contributed by atoms with Crippen LogP contribution in [0.2, 0.25) is 0 Å². The molecule has 0 bridgehead atoms. The van der Waals surface area contributed by atoms with Gasteiger partial charge in [-0.15, -0.1) is 0 Å². The molecule has 1 spiro atoms. The quantitative estimate of drug-likeness (QED) is 0.641. The van der Waals surface area contributed by atoms with E-state index in [1.807, 2.05) is 0 Å². The molecule has 1 nitrogen and oxygen atoms in total. The van der Waals surface area contributed by atoms with Crippen LogP contribution >= 0.6 is 0 Å². The molecule has 64 valence electrons.